The molecule has 0 unspecified atom stereocenters. The maximum absolute atomic E-state index is 12.2. The molecule has 0 aliphatic rings. The largest absolute Gasteiger partial charge is 0.311 e. The molecule has 0 saturated carbocycles. The maximum atomic E-state index is 12.2. The molecule has 2 aromatic rings. The van der Waals surface area contributed by atoms with Crippen molar-refractivity contribution in [1.82, 2.24) is 14.8 Å². The molecule has 1 aromatic carbocycles. The van der Waals surface area contributed by atoms with E-state index in [4.69, 9.17) is 0 Å². The van der Waals surface area contributed by atoms with Gasteiger partial charge in [-0.1, -0.05) is 18.2 Å². The zero-order valence-corrected chi connectivity index (χ0v) is 11.8. The van der Waals surface area contributed by atoms with Gasteiger partial charge in [0.1, 0.15) is 0 Å². The lowest BCUT2D eigenvalue weighted by molar-refractivity contribution is 0.399. The first-order valence-corrected chi connectivity index (χ1v) is 6.52. The van der Waals surface area contributed by atoms with Crippen LogP contribution in [0.25, 0.3) is 10.9 Å². The Labute approximate surface area is 113 Å². The molecular formula is C15H21N3O. The van der Waals surface area contributed by atoms with Crippen LogP contribution in [0.3, 0.4) is 0 Å². The number of aromatic nitrogens is 1. The zero-order chi connectivity index (χ0) is 13.8. The lowest BCUT2D eigenvalue weighted by atomic mass is 10.1. The van der Waals surface area contributed by atoms with Crippen molar-refractivity contribution < 1.29 is 0 Å². The summed E-state index contributed by atoms with van der Waals surface area (Å²) in [7, 11) is 5.90. The van der Waals surface area contributed by atoms with Crippen LogP contribution >= 0.6 is 0 Å². The summed E-state index contributed by atoms with van der Waals surface area (Å²) in [4.78, 5) is 14.3. The summed E-state index contributed by atoms with van der Waals surface area (Å²) in [6.07, 6.45) is 0. The van der Waals surface area contributed by atoms with Crippen molar-refractivity contribution in [1.29, 1.82) is 0 Å². The molecule has 1 N–H and O–H groups in total. The standard InChI is InChI=1S/C15H21N3O/c1-17(2)9-8-16-11-13-10-12-6-4-5-7-14(12)18(3)15(13)19/h4-7,10,16H,8-9,11H2,1-3H3. The molecule has 4 heteroatoms. The molecule has 0 aliphatic heterocycles. The predicted molar refractivity (Wildman–Crippen MR) is 79.4 cm³/mol. The zero-order valence-electron chi connectivity index (χ0n) is 11.8. The van der Waals surface area contributed by atoms with Crippen LogP contribution in [-0.2, 0) is 13.6 Å². The molecule has 0 fully saturated rings. The molecule has 0 aliphatic carbocycles. The van der Waals surface area contributed by atoms with Gasteiger partial charge in [-0.2, -0.15) is 0 Å². The van der Waals surface area contributed by atoms with E-state index in [1.54, 1.807) is 4.57 Å². The Bertz CT molecular complexity index is 616. The van der Waals surface area contributed by atoms with Gasteiger partial charge in [0, 0.05) is 32.2 Å². The van der Waals surface area contributed by atoms with Gasteiger partial charge < -0.3 is 14.8 Å². The van der Waals surface area contributed by atoms with E-state index < -0.39 is 0 Å². The van der Waals surface area contributed by atoms with Crippen molar-refractivity contribution >= 4 is 10.9 Å². The molecule has 1 heterocycles. The lowest BCUT2D eigenvalue weighted by Crippen LogP contribution is -2.30. The SMILES string of the molecule is CN(C)CCNCc1cc2ccccc2n(C)c1=O. The van der Waals surface area contributed by atoms with Crippen LogP contribution in [0.15, 0.2) is 35.1 Å². The summed E-state index contributed by atoms with van der Waals surface area (Å²) in [5, 5.41) is 4.42. The molecular weight excluding hydrogens is 238 g/mol. The third-order valence-corrected chi connectivity index (χ3v) is 3.26. The third kappa shape index (κ3) is 3.22. The van der Waals surface area contributed by atoms with Crippen LogP contribution in [0.4, 0.5) is 0 Å². The van der Waals surface area contributed by atoms with Crippen molar-refractivity contribution in [3.8, 4) is 0 Å². The van der Waals surface area contributed by atoms with Gasteiger partial charge in [0.15, 0.2) is 0 Å². The van der Waals surface area contributed by atoms with E-state index in [2.05, 4.69) is 10.2 Å². The van der Waals surface area contributed by atoms with E-state index in [1.165, 1.54) is 0 Å². The first kappa shape index (κ1) is 13.8. The fraction of sp³-hybridized carbons (Fsp3) is 0.400. The average Bonchev–Trinajstić information content (AvgIpc) is 2.40. The van der Waals surface area contributed by atoms with Gasteiger partial charge in [0.25, 0.3) is 5.56 Å². The average molecular weight is 259 g/mol. The highest BCUT2D eigenvalue weighted by molar-refractivity contribution is 5.79. The number of nitrogens with zero attached hydrogens (tertiary/aromatic N) is 2. The Balaban J connectivity index is 2.19. The molecule has 0 radical (unpaired) electrons. The predicted octanol–water partition coefficient (Wildman–Crippen LogP) is 1.19. The second kappa shape index (κ2) is 5.99. The van der Waals surface area contributed by atoms with Crippen LogP contribution in [-0.4, -0.2) is 36.7 Å². The van der Waals surface area contributed by atoms with Gasteiger partial charge in [-0.3, -0.25) is 4.79 Å². The number of hydrogen-bond donors (Lipinski definition) is 1. The summed E-state index contributed by atoms with van der Waals surface area (Å²) in [5.41, 5.74) is 1.88. The van der Waals surface area contributed by atoms with E-state index in [0.717, 1.165) is 29.6 Å². The van der Waals surface area contributed by atoms with Gasteiger partial charge in [-0.05, 0) is 31.6 Å². The summed E-state index contributed by atoms with van der Waals surface area (Å²) >= 11 is 0. The lowest BCUT2D eigenvalue weighted by Gasteiger charge is -2.12. The molecule has 0 spiro atoms. The molecule has 102 valence electrons. The quantitative estimate of drug-likeness (QED) is 0.820. The van der Waals surface area contributed by atoms with Crippen LogP contribution in [0.2, 0.25) is 0 Å². The van der Waals surface area contributed by atoms with Crippen LogP contribution < -0.4 is 10.9 Å². The minimum absolute atomic E-state index is 0.0797. The third-order valence-electron chi connectivity index (χ3n) is 3.26. The fourth-order valence-corrected chi connectivity index (χ4v) is 2.14. The summed E-state index contributed by atoms with van der Waals surface area (Å²) in [6, 6.07) is 9.95. The Morgan fingerprint density at radius 1 is 1.26 bits per heavy atom. The number of rotatable bonds is 5. The Morgan fingerprint density at radius 2 is 2.00 bits per heavy atom. The van der Waals surface area contributed by atoms with Crippen LogP contribution in [0.1, 0.15) is 5.56 Å². The first-order chi connectivity index (χ1) is 9.09. The molecule has 1 aromatic heterocycles. The Kier molecular flexibility index (Phi) is 4.35. The fourth-order valence-electron chi connectivity index (χ4n) is 2.14. The van der Waals surface area contributed by atoms with Gasteiger partial charge in [0.05, 0.1) is 5.52 Å². The number of nitrogens with one attached hydrogen (secondary N) is 1. The first-order valence-electron chi connectivity index (χ1n) is 6.52. The van der Waals surface area contributed by atoms with E-state index in [1.807, 2.05) is 51.5 Å². The second-order valence-corrected chi connectivity index (χ2v) is 5.07. The van der Waals surface area contributed by atoms with E-state index >= 15 is 0 Å². The summed E-state index contributed by atoms with van der Waals surface area (Å²) in [5.74, 6) is 0. The van der Waals surface area contributed by atoms with Gasteiger partial charge in [0.2, 0.25) is 0 Å². The molecule has 19 heavy (non-hydrogen) atoms. The number of fused-ring (bicyclic) bond motifs is 1. The van der Waals surface area contributed by atoms with E-state index in [9.17, 15) is 4.79 Å². The van der Waals surface area contributed by atoms with Gasteiger partial charge >= 0.3 is 0 Å². The van der Waals surface area contributed by atoms with Crippen molar-refractivity contribution in [2.24, 2.45) is 7.05 Å². The van der Waals surface area contributed by atoms with E-state index in [0.29, 0.717) is 6.54 Å². The second-order valence-electron chi connectivity index (χ2n) is 5.07. The van der Waals surface area contributed by atoms with Gasteiger partial charge in [-0.15, -0.1) is 0 Å². The van der Waals surface area contributed by atoms with Crippen molar-refractivity contribution in [2.75, 3.05) is 27.2 Å². The van der Waals surface area contributed by atoms with Crippen LogP contribution in [0.5, 0.6) is 0 Å². The topological polar surface area (TPSA) is 37.3 Å². The monoisotopic (exact) mass is 259 g/mol. The molecule has 2 rings (SSSR count). The minimum Gasteiger partial charge on any atom is -0.311 e. The molecule has 0 atom stereocenters. The number of para-hydroxylation sites is 1. The van der Waals surface area contributed by atoms with Crippen molar-refractivity contribution in [2.45, 2.75) is 6.54 Å². The molecule has 4 nitrogen and oxygen atoms in total. The van der Waals surface area contributed by atoms with E-state index in [-0.39, 0.29) is 5.56 Å². The maximum Gasteiger partial charge on any atom is 0.255 e. The Hall–Kier alpha value is -1.65. The number of likely N-dealkylation sites (N-methyl/N-ethyl adjacent to an activating group) is 1. The number of pyridine rings is 1. The minimum atomic E-state index is 0.0797. The Morgan fingerprint density at radius 3 is 2.74 bits per heavy atom. The highest BCUT2D eigenvalue weighted by Crippen LogP contribution is 2.11. The van der Waals surface area contributed by atoms with Crippen molar-refractivity contribution in [3.63, 3.8) is 0 Å². The number of aryl methyl sites for hydroxylation is 1. The van der Waals surface area contributed by atoms with Crippen molar-refractivity contribution in [3.05, 3.63) is 46.2 Å². The number of benzene rings is 1. The normalized spacial score (nSPS) is 11.4. The number of hydrogen-bond acceptors (Lipinski definition) is 3. The molecule has 0 amide bonds. The highest BCUT2D eigenvalue weighted by atomic mass is 16.1. The summed E-state index contributed by atoms with van der Waals surface area (Å²) in [6.45, 7) is 2.46. The smallest absolute Gasteiger partial charge is 0.255 e. The highest BCUT2D eigenvalue weighted by Gasteiger charge is 2.05. The van der Waals surface area contributed by atoms with Crippen LogP contribution in [0, 0.1) is 0 Å². The summed E-state index contributed by atoms with van der Waals surface area (Å²) < 4.78 is 1.72. The molecule has 0 saturated heterocycles. The molecule has 0 bridgehead atoms. The van der Waals surface area contributed by atoms with Gasteiger partial charge in [-0.25, -0.2) is 0 Å².